The van der Waals surface area contributed by atoms with E-state index in [1.54, 1.807) is 0 Å². The predicted molar refractivity (Wildman–Crippen MR) is 118 cm³/mol. The van der Waals surface area contributed by atoms with E-state index in [4.69, 9.17) is 4.63 Å². The lowest BCUT2D eigenvalue weighted by Gasteiger charge is -2.36. The molecule has 11 nitrogen and oxygen atoms in total. The maximum absolute atomic E-state index is 13.4. The molecule has 16 heteroatoms. The van der Waals surface area contributed by atoms with Crippen LogP contribution in [0.15, 0.2) is 32.3 Å². The molecule has 1 aliphatic heterocycles. The van der Waals surface area contributed by atoms with Gasteiger partial charge in [-0.05, 0) is 50.4 Å². The van der Waals surface area contributed by atoms with E-state index in [0.29, 0.717) is 5.69 Å². The van der Waals surface area contributed by atoms with Gasteiger partial charge in [0.25, 0.3) is 10.2 Å². The molecule has 1 saturated carbocycles. The van der Waals surface area contributed by atoms with Crippen molar-refractivity contribution in [3.8, 4) is 0 Å². The largest absolute Gasteiger partial charge is 0.364 e. The molecular weight excluding hydrogens is 547 g/mol. The highest BCUT2D eigenvalue weighted by molar-refractivity contribution is 9.10. The number of nitrogens with zero attached hydrogens (tertiary/aromatic N) is 5. The molecule has 2 fully saturated rings. The third kappa shape index (κ3) is 5.35. The molecule has 0 atom stereocenters. The molecule has 1 aliphatic carbocycles. The van der Waals surface area contributed by atoms with Crippen LogP contribution in [0.1, 0.15) is 18.5 Å². The van der Waals surface area contributed by atoms with Crippen molar-refractivity contribution in [2.45, 2.75) is 18.8 Å². The first-order chi connectivity index (χ1) is 16.1. The van der Waals surface area contributed by atoms with Gasteiger partial charge in [0.2, 0.25) is 11.7 Å². The summed E-state index contributed by atoms with van der Waals surface area (Å²) >= 11 is 3.05. The summed E-state index contributed by atoms with van der Waals surface area (Å²) in [5, 5.41) is 19.7. The number of anilines is 1. The molecule has 34 heavy (non-hydrogen) atoms. The Balaban J connectivity index is 1.36. The quantitative estimate of drug-likeness (QED) is 0.251. The van der Waals surface area contributed by atoms with Crippen LogP contribution in [-0.4, -0.2) is 77.0 Å². The van der Waals surface area contributed by atoms with Gasteiger partial charge in [0.1, 0.15) is 5.82 Å². The van der Waals surface area contributed by atoms with E-state index in [1.807, 2.05) is 5.48 Å². The number of rotatable bonds is 8. The summed E-state index contributed by atoms with van der Waals surface area (Å²) in [6.07, 6.45) is -0.583. The van der Waals surface area contributed by atoms with Gasteiger partial charge < -0.3 is 5.32 Å². The minimum atomic E-state index is -3.75. The van der Waals surface area contributed by atoms with E-state index in [1.165, 1.54) is 26.8 Å². The number of hydrogen-bond donors (Lipinski definition) is 3. The SMILES string of the molecule is O=S1(=O)N(CCNc2nonc2C(=Nc2ccc(F)c(Br)c2)NO)CCN1CC1CC(F)(F)C1. The van der Waals surface area contributed by atoms with Crippen molar-refractivity contribution in [2.75, 3.05) is 38.0 Å². The van der Waals surface area contributed by atoms with E-state index in [0.717, 1.165) is 0 Å². The molecule has 0 unspecified atom stereocenters. The average Bonchev–Trinajstić information content (AvgIpc) is 3.32. The zero-order valence-corrected chi connectivity index (χ0v) is 20.0. The van der Waals surface area contributed by atoms with Crippen LogP contribution < -0.4 is 10.8 Å². The van der Waals surface area contributed by atoms with Crippen molar-refractivity contribution in [2.24, 2.45) is 10.9 Å². The Labute approximate surface area is 201 Å². The highest BCUT2D eigenvalue weighted by Crippen LogP contribution is 2.43. The molecular formula is C18H21BrF3N7O4S. The molecule has 0 amide bonds. The zero-order valence-electron chi connectivity index (χ0n) is 17.6. The van der Waals surface area contributed by atoms with Gasteiger partial charge in [-0.1, -0.05) is 0 Å². The number of halogens is 4. The van der Waals surface area contributed by atoms with Crippen molar-refractivity contribution in [1.29, 1.82) is 0 Å². The fourth-order valence-corrected chi connectivity index (χ4v) is 5.84. The molecule has 0 radical (unpaired) electrons. The second kappa shape index (κ2) is 9.77. The standard InChI is InChI=1S/C18H21BrF3N7O4S/c19-13-7-12(1-2-14(13)20)24-17(25-30)15-16(27-33-26-15)23-3-4-28-5-6-29(34(28,31)32)10-11-8-18(21,22)9-11/h1-2,7,11,30H,3-6,8-10H2,(H,23,27)(H,24,25). The number of amidine groups is 1. The van der Waals surface area contributed by atoms with E-state index in [9.17, 15) is 26.8 Å². The van der Waals surface area contributed by atoms with Crippen molar-refractivity contribution >= 4 is 43.5 Å². The van der Waals surface area contributed by atoms with Crippen molar-refractivity contribution in [3.05, 3.63) is 34.2 Å². The molecule has 0 spiro atoms. The van der Waals surface area contributed by atoms with Crippen LogP contribution in [0, 0.1) is 11.7 Å². The second-order valence-corrected chi connectivity index (χ2v) is 10.7. The summed E-state index contributed by atoms with van der Waals surface area (Å²) in [6.45, 7) is 0.758. The number of hydroxylamine groups is 1. The summed E-state index contributed by atoms with van der Waals surface area (Å²) in [7, 11) is -3.75. The van der Waals surface area contributed by atoms with E-state index < -0.39 is 21.9 Å². The summed E-state index contributed by atoms with van der Waals surface area (Å²) in [6, 6.07) is 3.96. The minimum absolute atomic E-state index is 0.0137. The molecule has 0 bridgehead atoms. The van der Waals surface area contributed by atoms with Gasteiger partial charge in [0, 0.05) is 45.6 Å². The Hall–Kier alpha value is -2.27. The first kappa shape index (κ1) is 24.8. The maximum atomic E-state index is 13.4. The maximum Gasteiger partial charge on any atom is 0.282 e. The molecule has 186 valence electrons. The molecule has 1 saturated heterocycles. The van der Waals surface area contributed by atoms with E-state index >= 15 is 0 Å². The number of benzene rings is 1. The second-order valence-electron chi connectivity index (χ2n) is 7.95. The molecule has 1 aromatic carbocycles. The van der Waals surface area contributed by atoms with Gasteiger partial charge in [-0.2, -0.15) is 17.0 Å². The molecule has 2 aliphatic rings. The smallest absolute Gasteiger partial charge is 0.282 e. The van der Waals surface area contributed by atoms with Crippen molar-refractivity contribution < 1.29 is 31.4 Å². The Morgan fingerprint density at radius 3 is 2.71 bits per heavy atom. The summed E-state index contributed by atoms with van der Waals surface area (Å²) in [4.78, 5) is 4.14. The number of hydrogen-bond acceptors (Lipinski definition) is 8. The highest BCUT2D eigenvalue weighted by atomic mass is 79.9. The van der Waals surface area contributed by atoms with Crippen LogP contribution >= 0.6 is 15.9 Å². The van der Waals surface area contributed by atoms with E-state index in [2.05, 4.69) is 36.6 Å². The molecule has 4 rings (SSSR count). The summed E-state index contributed by atoms with van der Waals surface area (Å²) < 4.78 is 72.3. The normalized spacial score (nSPS) is 20.9. The van der Waals surface area contributed by atoms with Crippen LogP contribution in [0.2, 0.25) is 0 Å². The van der Waals surface area contributed by atoms with Gasteiger partial charge in [-0.3, -0.25) is 10.7 Å². The van der Waals surface area contributed by atoms with Crippen molar-refractivity contribution in [1.82, 2.24) is 24.4 Å². The third-order valence-corrected chi connectivity index (χ3v) is 8.11. The topological polar surface area (TPSA) is 136 Å². The van der Waals surface area contributed by atoms with E-state index in [-0.39, 0.29) is 73.3 Å². The fraction of sp³-hybridized carbons (Fsp3) is 0.500. The van der Waals surface area contributed by atoms with Crippen LogP contribution in [0.5, 0.6) is 0 Å². The fourth-order valence-electron chi connectivity index (χ4n) is 3.81. The first-order valence-corrected chi connectivity index (χ1v) is 12.4. The zero-order chi connectivity index (χ0) is 24.5. The molecule has 1 aromatic heterocycles. The highest BCUT2D eigenvalue weighted by Gasteiger charge is 2.48. The number of aliphatic imine (C=N–C) groups is 1. The summed E-state index contributed by atoms with van der Waals surface area (Å²) in [5.74, 6) is -3.56. The minimum Gasteiger partial charge on any atom is -0.364 e. The third-order valence-electron chi connectivity index (χ3n) is 5.50. The Kier molecular flexibility index (Phi) is 7.14. The monoisotopic (exact) mass is 567 g/mol. The Morgan fingerprint density at radius 2 is 2.03 bits per heavy atom. The lowest BCUT2D eigenvalue weighted by molar-refractivity contribution is -0.112. The lowest BCUT2D eigenvalue weighted by Crippen LogP contribution is -2.44. The Bertz CT molecular complexity index is 1170. The van der Waals surface area contributed by atoms with Crippen LogP contribution in [0.25, 0.3) is 0 Å². The van der Waals surface area contributed by atoms with Crippen LogP contribution in [0.3, 0.4) is 0 Å². The van der Waals surface area contributed by atoms with Gasteiger partial charge in [0.15, 0.2) is 11.5 Å². The van der Waals surface area contributed by atoms with Gasteiger partial charge in [-0.25, -0.2) is 22.8 Å². The summed E-state index contributed by atoms with van der Waals surface area (Å²) in [5.41, 5.74) is 2.20. The van der Waals surface area contributed by atoms with Gasteiger partial charge >= 0.3 is 0 Å². The predicted octanol–water partition coefficient (Wildman–Crippen LogP) is 2.35. The Morgan fingerprint density at radius 1 is 1.29 bits per heavy atom. The molecule has 3 N–H and O–H groups in total. The van der Waals surface area contributed by atoms with Gasteiger partial charge in [0.05, 0.1) is 10.2 Å². The lowest BCUT2D eigenvalue weighted by atomic mass is 9.81. The van der Waals surface area contributed by atoms with Crippen LogP contribution in [0.4, 0.5) is 24.7 Å². The van der Waals surface area contributed by atoms with Crippen LogP contribution in [-0.2, 0) is 10.2 Å². The van der Waals surface area contributed by atoms with Gasteiger partial charge in [-0.15, -0.1) is 0 Å². The molecule has 2 aromatic rings. The molecule has 2 heterocycles. The number of nitrogens with one attached hydrogen (secondary N) is 2. The number of aromatic nitrogens is 2. The average molecular weight is 568 g/mol. The first-order valence-electron chi connectivity index (χ1n) is 10.2. The number of alkyl halides is 2. The van der Waals surface area contributed by atoms with Crippen molar-refractivity contribution in [3.63, 3.8) is 0 Å².